The minimum absolute atomic E-state index is 0.0515. The minimum Gasteiger partial charge on any atom is -0.352 e. The molecule has 1 aromatic rings. The van der Waals surface area contributed by atoms with Crippen LogP contribution in [0.1, 0.15) is 40.7 Å². The quantitative estimate of drug-likeness (QED) is 0.873. The zero-order valence-corrected chi connectivity index (χ0v) is 12.0. The van der Waals surface area contributed by atoms with E-state index in [2.05, 4.69) is 16.7 Å². The highest BCUT2D eigenvalue weighted by atomic mass is 16.1. The van der Waals surface area contributed by atoms with Crippen LogP contribution >= 0.6 is 0 Å². The van der Waals surface area contributed by atoms with E-state index in [9.17, 15) is 4.79 Å². The third kappa shape index (κ3) is 4.35. The van der Waals surface area contributed by atoms with Crippen molar-refractivity contribution in [2.45, 2.75) is 33.1 Å². The molecule has 0 spiro atoms. The molecule has 1 unspecified atom stereocenters. The molecule has 1 heterocycles. The maximum atomic E-state index is 12.1. The fourth-order valence-electron chi connectivity index (χ4n) is 2.77. The lowest BCUT2D eigenvalue weighted by Crippen LogP contribution is -2.33. The number of piperidine rings is 1. The molecule has 1 aliphatic rings. The van der Waals surface area contributed by atoms with E-state index in [0.717, 1.165) is 42.7 Å². The Balaban J connectivity index is 1.80. The van der Waals surface area contributed by atoms with Gasteiger partial charge in [-0.2, -0.15) is 0 Å². The third-order valence-corrected chi connectivity index (χ3v) is 3.72. The van der Waals surface area contributed by atoms with E-state index in [0.29, 0.717) is 5.92 Å². The summed E-state index contributed by atoms with van der Waals surface area (Å²) in [7, 11) is 0. The highest BCUT2D eigenvalue weighted by Crippen LogP contribution is 2.13. The van der Waals surface area contributed by atoms with Crippen molar-refractivity contribution in [1.29, 1.82) is 0 Å². The number of carbonyl (C=O) groups excluding carboxylic acids is 1. The summed E-state index contributed by atoms with van der Waals surface area (Å²) in [4.78, 5) is 12.1. The SMILES string of the molecule is Cc1cc(C)cc(C(=O)NCCC2CCCNC2)c1. The molecule has 104 valence electrons. The van der Waals surface area contributed by atoms with Gasteiger partial charge >= 0.3 is 0 Å². The van der Waals surface area contributed by atoms with Crippen LogP contribution in [-0.2, 0) is 0 Å². The first-order valence-electron chi connectivity index (χ1n) is 7.22. The Labute approximate surface area is 115 Å². The summed E-state index contributed by atoms with van der Waals surface area (Å²) in [6.45, 7) is 7.07. The van der Waals surface area contributed by atoms with Gasteiger partial charge in [0.25, 0.3) is 5.91 Å². The van der Waals surface area contributed by atoms with Crippen molar-refractivity contribution in [3.05, 3.63) is 34.9 Å². The third-order valence-electron chi connectivity index (χ3n) is 3.72. The number of benzene rings is 1. The van der Waals surface area contributed by atoms with Crippen LogP contribution in [0.15, 0.2) is 18.2 Å². The molecular formula is C16H24N2O. The smallest absolute Gasteiger partial charge is 0.251 e. The van der Waals surface area contributed by atoms with Crippen molar-refractivity contribution in [3.63, 3.8) is 0 Å². The first-order valence-corrected chi connectivity index (χ1v) is 7.22. The summed E-state index contributed by atoms with van der Waals surface area (Å²) in [5, 5.41) is 6.44. The van der Waals surface area contributed by atoms with Gasteiger partial charge in [0.1, 0.15) is 0 Å². The molecule has 0 aromatic heterocycles. The highest BCUT2D eigenvalue weighted by molar-refractivity contribution is 5.94. The van der Waals surface area contributed by atoms with Crippen LogP contribution in [0.5, 0.6) is 0 Å². The summed E-state index contributed by atoms with van der Waals surface area (Å²) < 4.78 is 0. The molecule has 0 aliphatic carbocycles. The van der Waals surface area contributed by atoms with Gasteiger partial charge in [-0.05, 0) is 64.3 Å². The second-order valence-electron chi connectivity index (χ2n) is 5.63. The molecule has 2 rings (SSSR count). The lowest BCUT2D eigenvalue weighted by molar-refractivity contribution is 0.0950. The minimum atomic E-state index is 0.0515. The normalized spacial score (nSPS) is 19.2. The fraction of sp³-hybridized carbons (Fsp3) is 0.562. The number of hydrogen-bond donors (Lipinski definition) is 2. The zero-order chi connectivity index (χ0) is 13.7. The van der Waals surface area contributed by atoms with Gasteiger partial charge in [0, 0.05) is 12.1 Å². The Hall–Kier alpha value is -1.35. The van der Waals surface area contributed by atoms with Gasteiger partial charge in [-0.25, -0.2) is 0 Å². The maximum Gasteiger partial charge on any atom is 0.251 e. The molecule has 1 fully saturated rings. The van der Waals surface area contributed by atoms with E-state index in [-0.39, 0.29) is 5.91 Å². The summed E-state index contributed by atoms with van der Waals surface area (Å²) in [6.07, 6.45) is 3.62. The maximum absolute atomic E-state index is 12.1. The predicted octanol–water partition coefficient (Wildman–Crippen LogP) is 2.42. The van der Waals surface area contributed by atoms with E-state index in [1.54, 1.807) is 0 Å². The molecule has 3 heteroatoms. The Morgan fingerprint density at radius 1 is 1.32 bits per heavy atom. The molecule has 0 bridgehead atoms. The average molecular weight is 260 g/mol. The number of nitrogens with one attached hydrogen (secondary N) is 2. The Morgan fingerprint density at radius 2 is 2.05 bits per heavy atom. The molecular weight excluding hydrogens is 236 g/mol. The number of aryl methyl sites for hydroxylation is 2. The van der Waals surface area contributed by atoms with Crippen molar-refractivity contribution in [1.82, 2.24) is 10.6 Å². The molecule has 3 nitrogen and oxygen atoms in total. The number of amides is 1. The second-order valence-corrected chi connectivity index (χ2v) is 5.63. The molecule has 1 aliphatic heterocycles. The number of carbonyl (C=O) groups is 1. The van der Waals surface area contributed by atoms with Crippen molar-refractivity contribution < 1.29 is 4.79 Å². The van der Waals surface area contributed by atoms with Crippen LogP contribution < -0.4 is 10.6 Å². The molecule has 1 amide bonds. The van der Waals surface area contributed by atoms with Crippen molar-refractivity contribution >= 4 is 5.91 Å². The van der Waals surface area contributed by atoms with Gasteiger partial charge in [0.2, 0.25) is 0 Å². The number of rotatable bonds is 4. The Kier molecular flexibility index (Phi) is 4.97. The second kappa shape index (κ2) is 6.71. The molecule has 1 saturated heterocycles. The summed E-state index contributed by atoms with van der Waals surface area (Å²) in [5.41, 5.74) is 3.06. The van der Waals surface area contributed by atoms with Crippen molar-refractivity contribution in [2.75, 3.05) is 19.6 Å². The molecule has 0 saturated carbocycles. The monoisotopic (exact) mass is 260 g/mol. The Bertz CT molecular complexity index is 416. The van der Waals surface area contributed by atoms with Crippen molar-refractivity contribution in [2.24, 2.45) is 5.92 Å². The first-order chi connectivity index (χ1) is 9.15. The molecule has 19 heavy (non-hydrogen) atoms. The number of hydrogen-bond acceptors (Lipinski definition) is 2. The van der Waals surface area contributed by atoms with Crippen LogP contribution in [0.3, 0.4) is 0 Å². The van der Waals surface area contributed by atoms with Gasteiger partial charge in [-0.3, -0.25) is 4.79 Å². The van der Waals surface area contributed by atoms with Crippen LogP contribution in [0, 0.1) is 19.8 Å². The Morgan fingerprint density at radius 3 is 2.68 bits per heavy atom. The van der Waals surface area contributed by atoms with Crippen LogP contribution in [0.2, 0.25) is 0 Å². The lowest BCUT2D eigenvalue weighted by atomic mass is 9.96. The van der Waals surface area contributed by atoms with Crippen LogP contribution in [-0.4, -0.2) is 25.5 Å². The fourth-order valence-corrected chi connectivity index (χ4v) is 2.77. The summed E-state index contributed by atoms with van der Waals surface area (Å²) >= 11 is 0. The lowest BCUT2D eigenvalue weighted by Gasteiger charge is -2.22. The van der Waals surface area contributed by atoms with Crippen molar-refractivity contribution in [3.8, 4) is 0 Å². The van der Waals surface area contributed by atoms with Gasteiger partial charge in [0.15, 0.2) is 0 Å². The van der Waals surface area contributed by atoms with E-state index in [1.807, 2.05) is 26.0 Å². The molecule has 0 radical (unpaired) electrons. The largest absolute Gasteiger partial charge is 0.352 e. The topological polar surface area (TPSA) is 41.1 Å². The summed E-state index contributed by atoms with van der Waals surface area (Å²) in [5.74, 6) is 0.767. The molecule has 1 atom stereocenters. The van der Waals surface area contributed by atoms with Gasteiger partial charge in [-0.1, -0.05) is 17.2 Å². The van der Waals surface area contributed by atoms with Gasteiger partial charge in [0.05, 0.1) is 0 Å². The van der Waals surface area contributed by atoms with E-state index in [4.69, 9.17) is 0 Å². The highest BCUT2D eigenvalue weighted by Gasteiger charge is 2.13. The molecule has 1 aromatic carbocycles. The van der Waals surface area contributed by atoms with E-state index < -0.39 is 0 Å². The van der Waals surface area contributed by atoms with Gasteiger partial charge < -0.3 is 10.6 Å². The van der Waals surface area contributed by atoms with E-state index in [1.165, 1.54) is 12.8 Å². The van der Waals surface area contributed by atoms with E-state index >= 15 is 0 Å². The summed E-state index contributed by atoms with van der Waals surface area (Å²) in [6, 6.07) is 5.99. The predicted molar refractivity (Wildman–Crippen MR) is 78.5 cm³/mol. The zero-order valence-electron chi connectivity index (χ0n) is 12.0. The van der Waals surface area contributed by atoms with Crippen LogP contribution in [0.4, 0.5) is 0 Å². The standard InChI is InChI=1S/C16H24N2O/c1-12-8-13(2)10-15(9-12)16(19)18-7-5-14-4-3-6-17-11-14/h8-10,14,17H,3-7,11H2,1-2H3,(H,18,19). The molecule has 2 N–H and O–H groups in total. The first kappa shape index (κ1) is 14.1. The van der Waals surface area contributed by atoms with Gasteiger partial charge in [-0.15, -0.1) is 0 Å². The average Bonchev–Trinajstić information content (AvgIpc) is 2.38. The van der Waals surface area contributed by atoms with Crippen LogP contribution in [0.25, 0.3) is 0 Å².